The summed E-state index contributed by atoms with van der Waals surface area (Å²) in [5, 5.41) is 8.00. The summed E-state index contributed by atoms with van der Waals surface area (Å²) in [7, 11) is 0. The second-order valence-corrected chi connectivity index (χ2v) is 12.9. The van der Waals surface area contributed by atoms with Crippen LogP contribution in [0.15, 0.2) is 0 Å². The van der Waals surface area contributed by atoms with Gasteiger partial charge in [0, 0.05) is 12.1 Å². The van der Waals surface area contributed by atoms with E-state index in [-0.39, 0.29) is 17.7 Å². The fourth-order valence-electron chi connectivity index (χ4n) is 4.39. The lowest BCUT2D eigenvalue weighted by molar-refractivity contribution is -0.143. The van der Waals surface area contributed by atoms with E-state index in [0.29, 0.717) is 13.0 Å². The van der Waals surface area contributed by atoms with Gasteiger partial charge in [-0.25, -0.2) is 4.79 Å². The van der Waals surface area contributed by atoms with Crippen LogP contribution in [0.25, 0.3) is 0 Å². The van der Waals surface area contributed by atoms with Crippen LogP contribution in [0.2, 0.25) is 0 Å². The molecule has 10 nitrogen and oxygen atoms in total. The van der Waals surface area contributed by atoms with Crippen molar-refractivity contribution in [1.82, 2.24) is 20.9 Å². The van der Waals surface area contributed by atoms with Gasteiger partial charge in [0.25, 0.3) is 5.91 Å². The third-order valence-electron chi connectivity index (χ3n) is 6.82. The Kier molecular flexibility index (Phi) is 11.6. The maximum absolute atomic E-state index is 13.6. The molecule has 2 fully saturated rings. The lowest BCUT2D eigenvalue weighted by Crippen LogP contribution is -2.61. The van der Waals surface area contributed by atoms with Crippen molar-refractivity contribution >= 4 is 29.5 Å². The smallest absolute Gasteiger partial charge is 0.315 e. The zero-order chi connectivity index (χ0) is 28.7. The monoisotopic (exact) mass is 523 g/mol. The number of likely N-dealkylation sites (tertiary alicyclic amines) is 1. The summed E-state index contributed by atoms with van der Waals surface area (Å²) in [5.74, 6) is -1.90. The summed E-state index contributed by atoms with van der Waals surface area (Å²) in [6.07, 6.45) is 5.07. The molecule has 3 unspecified atom stereocenters. The average Bonchev–Trinajstić information content (AvgIpc) is 3.17. The number of rotatable bonds is 7. The molecule has 1 heterocycles. The van der Waals surface area contributed by atoms with Crippen molar-refractivity contribution in [2.45, 2.75) is 106 Å². The number of carbonyl (C=O) groups is 5. The highest BCUT2D eigenvalue weighted by Gasteiger charge is 2.47. The van der Waals surface area contributed by atoms with E-state index >= 15 is 0 Å². The molecule has 10 heteroatoms. The number of ketones is 1. The molecule has 0 aromatic heterocycles. The summed E-state index contributed by atoms with van der Waals surface area (Å²) >= 11 is 0. The molecule has 1 aliphatic heterocycles. The van der Waals surface area contributed by atoms with Crippen molar-refractivity contribution < 1.29 is 24.0 Å². The first-order valence-electron chi connectivity index (χ1n) is 13.3. The van der Waals surface area contributed by atoms with E-state index in [1.165, 1.54) is 24.2 Å². The van der Waals surface area contributed by atoms with Crippen molar-refractivity contribution in [3.05, 3.63) is 0 Å². The van der Waals surface area contributed by atoms with Gasteiger partial charge in [0.2, 0.25) is 17.6 Å². The molecule has 2 rings (SSSR count). The molecule has 0 aromatic rings. The normalized spacial score (nSPS) is 20.8. The second-order valence-electron chi connectivity index (χ2n) is 12.9. The van der Waals surface area contributed by atoms with Crippen LogP contribution in [-0.2, 0) is 19.2 Å². The van der Waals surface area contributed by atoms with Crippen molar-refractivity contribution in [3.8, 4) is 0 Å². The number of nitrogens with one attached hydrogen (secondary N) is 3. The lowest BCUT2D eigenvalue weighted by atomic mass is 9.84. The van der Waals surface area contributed by atoms with Crippen LogP contribution in [0.1, 0.15) is 88.0 Å². The fourth-order valence-corrected chi connectivity index (χ4v) is 4.39. The lowest BCUT2D eigenvalue weighted by Gasteiger charge is -2.37. The van der Waals surface area contributed by atoms with Gasteiger partial charge in [-0.3, -0.25) is 19.2 Å². The molecule has 0 aromatic carbocycles. The summed E-state index contributed by atoms with van der Waals surface area (Å²) < 4.78 is 0. The van der Waals surface area contributed by atoms with Gasteiger partial charge in [-0.1, -0.05) is 60.8 Å². The van der Waals surface area contributed by atoms with E-state index in [9.17, 15) is 24.0 Å². The Bertz CT molecular complexity index is 839. The highest BCUT2D eigenvalue weighted by Crippen LogP contribution is 2.33. The number of carbonyl (C=O) groups excluding carboxylic acids is 5. The Morgan fingerprint density at radius 2 is 1.51 bits per heavy atom. The molecule has 3 atom stereocenters. The second kappa shape index (κ2) is 13.2. The Morgan fingerprint density at radius 1 is 0.973 bits per heavy atom. The Hall–Kier alpha value is -2.65. The topological polar surface area (TPSA) is 151 Å². The molecule has 1 saturated heterocycles. The summed E-state index contributed by atoms with van der Waals surface area (Å²) in [6, 6.07) is -2.17. The van der Waals surface area contributed by atoms with Crippen LogP contribution in [0.4, 0.5) is 4.79 Å². The molecule has 0 bridgehead atoms. The zero-order valence-electron chi connectivity index (χ0n) is 24.2. The molecule has 2 aliphatic rings. The highest BCUT2D eigenvalue weighted by molar-refractivity contribution is 6.36. The van der Waals surface area contributed by atoms with Gasteiger partial charge in [-0.2, -0.15) is 0 Å². The number of hydrogen-bond acceptors (Lipinski definition) is 5. The van der Waals surface area contributed by atoms with Gasteiger partial charge < -0.3 is 26.6 Å². The number of amides is 5. The Labute approximate surface area is 222 Å². The number of urea groups is 1. The first-order chi connectivity index (χ1) is 16.8. The molecular formula is C27H49N5O5. The van der Waals surface area contributed by atoms with E-state index in [0.717, 1.165) is 5.92 Å². The zero-order valence-corrected chi connectivity index (χ0v) is 24.2. The van der Waals surface area contributed by atoms with E-state index in [1.54, 1.807) is 0 Å². The van der Waals surface area contributed by atoms with Crippen molar-refractivity contribution in [3.63, 3.8) is 0 Å². The number of nitrogens with zero attached hydrogens (tertiary/aromatic N) is 1. The molecule has 37 heavy (non-hydrogen) atoms. The molecule has 1 saturated carbocycles. The SMILES string of the molecule is CC(C)C1CCN(C(=O)C(NC(=O)NC(C)(C)C)C(C)(C)C)C1C(=O)NCC(=O)C(N)=O.CC1CCC1. The first kappa shape index (κ1) is 32.4. The van der Waals surface area contributed by atoms with E-state index in [2.05, 4.69) is 22.9 Å². The van der Waals surface area contributed by atoms with Crippen molar-refractivity contribution in [2.24, 2.45) is 28.9 Å². The van der Waals surface area contributed by atoms with E-state index in [1.807, 2.05) is 55.4 Å². The van der Waals surface area contributed by atoms with E-state index < -0.39 is 53.2 Å². The minimum atomic E-state index is -1.13. The first-order valence-corrected chi connectivity index (χ1v) is 13.3. The van der Waals surface area contributed by atoms with Crippen LogP contribution in [0.5, 0.6) is 0 Å². The van der Waals surface area contributed by atoms with Crippen LogP contribution in [-0.4, -0.2) is 65.1 Å². The minimum Gasteiger partial charge on any atom is -0.363 e. The molecule has 5 N–H and O–H groups in total. The molecular weight excluding hydrogens is 474 g/mol. The summed E-state index contributed by atoms with van der Waals surface area (Å²) in [5.41, 5.74) is 3.85. The molecule has 0 spiro atoms. The third-order valence-corrected chi connectivity index (χ3v) is 6.82. The predicted octanol–water partition coefficient (Wildman–Crippen LogP) is 2.35. The Balaban J connectivity index is 0.00000121. The standard InChI is InChI=1S/C22H39N5O5.C5H10/c1-12(2)13-9-10-27(15(13)18(30)24-11-14(28)17(23)29)19(31)16(21(3,4)5)25-20(32)26-22(6,7)8;1-5-3-2-4-5/h12-13,15-16H,9-11H2,1-8H3,(H2,23,29)(H,24,30)(H2,25,26,32);5H,2-4H2,1H3. The fraction of sp³-hybridized carbons (Fsp3) is 0.815. The predicted molar refractivity (Wildman–Crippen MR) is 143 cm³/mol. The van der Waals surface area contributed by atoms with Crippen molar-refractivity contribution in [1.29, 1.82) is 0 Å². The van der Waals surface area contributed by atoms with Crippen LogP contribution >= 0.6 is 0 Å². The van der Waals surface area contributed by atoms with Crippen LogP contribution < -0.4 is 21.7 Å². The van der Waals surface area contributed by atoms with Crippen LogP contribution in [0.3, 0.4) is 0 Å². The maximum atomic E-state index is 13.6. The highest BCUT2D eigenvalue weighted by atomic mass is 16.2. The van der Waals surface area contributed by atoms with Gasteiger partial charge in [0.05, 0.1) is 6.54 Å². The average molecular weight is 524 g/mol. The van der Waals surface area contributed by atoms with Gasteiger partial charge in [0.1, 0.15) is 12.1 Å². The van der Waals surface area contributed by atoms with Crippen molar-refractivity contribution in [2.75, 3.05) is 13.1 Å². The molecule has 0 radical (unpaired) electrons. The Morgan fingerprint density at radius 3 is 1.89 bits per heavy atom. The minimum absolute atomic E-state index is 0.0978. The van der Waals surface area contributed by atoms with Gasteiger partial charge in [-0.05, 0) is 50.4 Å². The number of primary amides is 1. The number of nitrogens with two attached hydrogens (primary N) is 1. The number of Topliss-reactive ketones (excluding diaryl/α,β-unsaturated/α-hetero) is 1. The third kappa shape index (κ3) is 10.3. The summed E-state index contributed by atoms with van der Waals surface area (Å²) in [6.45, 7) is 17.1. The van der Waals surface area contributed by atoms with Gasteiger partial charge in [0.15, 0.2) is 0 Å². The van der Waals surface area contributed by atoms with Gasteiger partial charge >= 0.3 is 6.03 Å². The quantitative estimate of drug-likeness (QED) is 0.378. The van der Waals surface area contributed by atoms with Crippen LogP contribution in [0, 0.1) is 23.2 Å². The maximum Gasteiger partial charge on any atom is 0.315 e. The largest absolute Gasteiger partial charge is 0.363 e. The molecule has 5 amide bonds. The van der Waals surface area contributed by atoms with Gasteiger partial charge in [-0.15, -0.1) is 0 Å². The number of hydrogen-bond donors (Lipinski definition) is 4. The van der Waals surface area contributed by atoms with E-state index in [4.69, 9.17) is 5.73 Å². The summed E-state index contributed by atoms with van der Waals surface area (Å²) in [4.78, 5) is 63.1. The molecule has 212 valence electrons. The molecule has 1 aliphatic carbocycles.